The molecule has 0 spiro atoms. The predicted molar refractivity (Wildman–Crippen MR) is 117 cm³/mol. The molecule has 0 heterocycles. The first-order chi connectivity index (χ1) is 13.8. The topological polar surface area (TPSA) is 66.5 Å². The summed E-state index contributed by atoms with van der Waals surface area (Å²) in [6.45, 7) is 1.38. The van der Waals surface area contributed by atoms with Crippen molar-refractivity contribution in [1.29, 1.82) is 0 Å². The molecular formula is C21H18Cl2N2O3S. The third kappa shape index (κ3) is 4.90. The number of benzene rings is 3. The van der Waals surface area contributed by atoms with Crippen molar-refractivity contribution >= 4 is 50.5 Å². The van der Waals surface area contributed by atoms with Crippen molar-refractivity contribution in [2.45, 2.75) is 11.8 Å². The fourth-order valence-electron chi connectivity index (χ4n) is 2.73. The highest BCUT2D eigenvalue weighted by Gasteiger charge is 2.29. The van der Waals surface area contributed by atoms with Gasteiger partial charge in [0.2, 0.25) is 5.91 Å². The van der Waals surface area contributed by atoms with Crippen molar-refractivity contribution in [3.8, 4) is 0 Å². The van der Waals surface area contributed by atoms with E-state index in [1.165, 1.54) is 24.3 Å². The van der Waals surface area contributed by atoms with E-state index in [9.17, 15) is 13.2 Å². The zero-order valence-electron chi connectivity index (χ0n) is 15.5. The standard InChI is InChI=1S/C21H18Cl2N2O3S/c1-15-7-5-6-10-19(15)24-21(26)14-25(20-13-16(22)11-12-18(20)23)29(27,28)17-8-3-2-4-9-17/h2-13H,14H2,1H3,(H,24,26). The Morgan fingerprint density at radius 2 is 1.62 bits per heavy atom. The normalized spacial score (nSPS) is 11.1. The van der Waals surface area contributed by atoms with Gasteiger partial charge in [0.05, 0.1) is 15.6 Å². The smallest absolute Gasteiger partial charge is 0.264 e. The van der Waals surface area contributed by atoms with Gasteiger partial charge in [-0.3, -0.25) is 9.10 Å². The number of nitrogens with one attached hydrogen (secondary N) is 1. The highest BCUT2D eigenvalue weighted by Crippen LogP contribution is 2.33. The van der Waals surface area contributed by atoms with Gasteiger partial charge in [-0.2, -0.15) is 0 Å². The molecule has 0 saturated carbocycles. The van der Waals surface area contributed by atoms with E-state index in [2.05, 4.69) is 5.32 Å². The van der Waals surface area contributed by atoms with Crippen molar-refractivity contribution in [2.75, 3.05) is 16.2 Å². The highest BCUT2D eigenvalue weighted by atomic mass is 35.5. The number of amides is 1. The molecule has 29 heavy (non-hydrogen) atoms. The van der Waals surface area contributed by atoms with E-state index in [4.69, 9.17) is 23.2 Å². The molecule has 0 aliphatic heterocycles. The fraction of sp³-hybridized carbons (Fsp3) is 0.0952. The quantitative estimate of drug-likeness (QED) is 0.567. The summed E-state index contributed by atoms with van der Waals surface area (Å²) in [7, 11) is -4.06. The van der Waals surface area contributed by atoms with Crippen LogP contribution in [0.4, 0.5) is 11.4 Å². The molecule has 150 valence electrons. The second-order valence-corrected chi connectivity index (χ2v) is 8.99. The van der Waals surface area contributed by atoms with E-state index >= 15 is 0 Å². The Balaban J connectivity index is 2.00. The Morgan fingerprint density at radius 1 is 0.966 bits per heavy atom. The minimum Gasteiger partial charge on any atom is -0.324 e. The van der Waals surface area contributed by atoms with Crippen LogP contribution in [0.15, 0.2) is 77.7 Å². The SMILES string of the molecule is Cc1ccccc1NC(=O)CN(c1cc(Cl)ccc1Cl)S(=O)(=O)c1ccccc1. The van der Waals surface area contributed by atoms with Crippen LogP contribution in [0.2, 0.25) is 10.0 Å². The van der Waals surface area contributed by atoms with Crippen molar-refractivity contribution in [3.05, 3.63) is 88.4 Å². The van der Waals surface area contributed by atoms with Crippen molar-refractivity contribution in [2.24, 2.45) is 0 Å². The van der Waals surface area contributed by atoms with Gasteiger partial charge in [0.15, 0.2) is 0 Å². The molecule has 0 radical (unpaired) electrons. The predicted octanol–water partition coefficient (Wildman–Crippen LogP) is 5.14. The van der Waals surface area contributed by atoms with E-state index in [1.54, 1.807) is 36.4 Å². The van der Waals surface area contributed by atoms with E-state index in [1.807, 2.05) is 19.1 Å². The number of anilines is 2. The average Bonchev–Trinajstić information content (AvgIpc) is 2.70. The van der Waals surface area contributed by atoms with E-state index < -0.39 is 22.5 Å². The second kappa shape index (κ2) is 8.86. The lowest BCUT2D eigenvalue weighted by Gasteiger charge is -2.25. The van der Waals surface area contributed by atoms with Gasteiger partial charge in [-0.1, -0.05) is 59.6 Å². The number of hydrogen-bond donors (Lipinski definition) is 1. The number of halogens is 2. The molecule has 0 saturated heterocycles. The summed E-state index contributed by atoms with van der Waals surface area (Å²) in [5.41, 5.74) is 1.59. The van der Waals surface area contributed by atoms with Crippen LogP contribution in [0.25, 0.3) is 0 Å². The van der Waals surface area contributed by atoms with Gasteiger partial charge in [0.25, 0.3) is 10.0 Å². The van der Waals surface area contributed by atoms with Crippen LogP contribution in [-0.2, 0) is 14.8 Å². The van der Waals surface area contributed by atoms with Gasteiger partial charge < -0.3 is 5.32 Å². The number of carbonyl (C=O) groups excluding carboxylic acids is 1. The van der Waals surface area contributed by atoms with Crippen molar-refractivity contribution in [3.63, 3.8) is 0 Å². The molecule has 0 bridgehead atoms. The lowest BCUT2D eigenvalue weighted by Crippen LogP contribution is -2.38. The molecule has 1 amide bonds. The van der Waals surface area contributed by atoms with E-state index in [-0.39, 0.29) is 15.6 Å². The van der Waals surface area contributed by atoms with Crippen LogP contribution in [0.1, 0.15) is 5.56 Å². The maximum Gasteiger partial charge on any atom is 0.264 e. The van der Waals surface area contributed by atoms with Gasteiger partial charge >= 0.3 is 0 Å². The number of hydrogen-bond acceptors (Lipinski definition) is 3. The third-order valence-corrected chi connectivity index (χ3v) is 6.54. The molecule has 0 aliphatic carbocycles. The van der Waals surface area contributed by atoms with Crippen LogP contribution in [-0.4, -0.2) is 20.9 Å². The van der Waals surface area contributed by atoms with Crippen molar-refractivity contribution < 1.29 is 13.2 Å². The monoisotopic (exact) mass is 448 g/mol. The lowest BCUT2D eigenvalue weighted by molar-refractivity contribution is -0.114. The fourth-order valence-corrected chi connectivity index (χ4v) is 4.62. The van der Waals surface area contributed by atoms with E-state index in [0.29, 0.717) is 10.7 Å². The number of aryl methyl sites for hydroxylation is 1. The highest BCUT2D eigenvalue weighted by molar-refractivity contribution is 7.92. The number of para-hydroxylation sites is 1. The maximum absolute atomic E-state index is 13.3. The summed E-state index contributed by atoms with van der Waals surface area (Å²) in [5, 5.41) is 3.21. The zero-order chi connectivity index (χ0) is 21.0. The minimum atomic E-state index is -4.06. The van der Waals surface area contributed by atoms with Crippen LogP contribution in [0.5, 0.6) is 0 Å². The summed E-state index contributed by atoms with van der Waals surface area (Å²) in [6, 6.07) is 19.5. The Bertz CT molecular complexity index is 1140. The molecule has 0 atom stereocenters. The Kier molecular flexibility index (Phi) is 6.47. The van der Waals surface area contributed by atoms with Crippen molar-refractivity contribution in [1.82, 2.24) is 0 Å². The lowest BCUT2D eigenvalue weighted by atomic mass is 10.2. The molecule has 0 aliphatic rings. The van der Waals surface area contributed by atoms with E-state index in [0.717, 1.165) is 9.87 Å². The van der Waals surface area contributed by atoms with Gasteiger partial charge in [-0.25, -0.2) is 8.42 Å². The number of rotatable bonds is 6. The average molecular weight is 449 g/mol. The summed E-state index contributed by atoms with van der Waals surface area (Å²) in [6.07, 6.45) is 0. The molecule has 3 rings (SSSR count). The number of carbonyl (C=O) groups is 1. The largest absolute Gasteiger partial charge is 0.324 e. The molecule has 8 heteroatoms. The van der Waals surface area contributed by atoms with Crippen LogP contribution in [0.3, 0.4) is 0 Å². The molecule has 5 nitrogen and oxygen atoms in total. The Labute approximate surface area is 179 Å². The van der Waals surface area contributed by atoms with Gasteiger partial charge in [-0.15, -0.1) is 0 Å². The van der Waals surface area contributed by atoms with Gasteiger partial charge in [-0.05, 0) is 48.9 Å². The number of sulfonamides is 1. The molecule has 3 aromatic rings. The molecular weight excluding hydrogens is 431 g/mol. The number of nitrogens with zero attached hydrogens (tertiary/aromatic N) is 1. The third-order valence-electron chi connectivity index (χ3n) is 4.21. The molecule has 3 aromatic carbocycles. The summed E-state index contributed by atoms with van der Waals surface area (Å²) >= 11 is 12.3. The molecule has 0 fully saturated rings. The maximum atomic E-state index is 13.3. The molecule has 0 aromatic heterocycles. The van der Waals surface area contributed by atoms with Crippen LogP contribution in [0, 0.1) is 6.92 Å². The summed E-state index contributed by atoms with van der Waals surface area (Å²) < 4.78 is 27.6. The minimum absolute atomic E-state index is 0.0414. The first kappa shape index (κ1) is 21.2. The van der Waals surface area contributed by atoms with Gasteiger partial charge in [0.1, 0.15) is 6.54 Å². The van der Waals surface area contributed by atoms with Crippen LogP contribution < -0.4 is 9.62 Å². The van der Waals surface area contributed by atoms with Crippen LogP contribution >= 0.6 is 23.2 Å². The first-order valence-corrected chi connectivity index (χ1v) is 10.9. The summed E-state index contributed by atoms with van der Waals surface area (Å²) in [5.74, 6) is -0.505. The Morgan fingerprint density at radius 3 is 2.31 bits per heavy atom. The zero-order valence-corrected chi connectivity index (χ0v) is 17.8. The van der Waals surface area contributed by atoms with Gasteiger partial charge in [0, 0.05) is 10.7 Å². The molecule has 0 unspecified atom stereocenters. The Hall–Kier alpha value is -2.54. The molecule has 1 N–H and O–H groups in total. The first-order valence-electron chi connectivity index (χ1n) is 8.67. The summed E-state index contributed by atoms with van der Waals surface area (Å²) in [4.78, 5) is 12.8. The second-order valence-electron chi connectivity index (χ2n) is 6.28.